The van der Waals surface area contributed by atoms with Crippen LogP contribution in [0.2, 0.25) is 0 Å². The van der Waals surface area contributed by atoms with Crippen LogP contribution in [0, 0.1) is 6.92 Å². The van der Waals surface area contributed by atoms with E-state index in [0.29, 0.717) is 6.54 Å². The number of aliphatic hydroxyl groups excluding tert-OH is 1. The Kier molecular flexibility index (Phi) is 5.44. The molecule has 0 radical (unpaired) electrons. The standard InChI is InChI=1S/C11H20BrN3O/c1-4-14(6-7-16)8-10-11(12)9(3)13-15(10)5-2/h16H,4-8H2,1-3H3. The molecule has 0 aliphatic heterocycles. The van der Waals surface area contributed by atoms with Crippen molar-refractivity contribution in [2.45, 2.75) is 33.9 Å². The van der Waals surface area contributed by atoms with Gasteiger partial charge < -0.3 is 5.11 Å². The van der Waals surface area contributed by atoms with E-state index in [2.05, 4.69) is 39.8 Å². The zero-order valence-corrected chi connectivity index (χ0v) is 11.8. The summed E-state index contributed by atoms with van der Waals surface area (Å²) in [5.41, 5.74) is 2.22. The van der Waals surface area contributed by atoms with Crippen molar-refractivity contribution in [1.82, 2.24) is 14.7 Å². The molecule has 0 bridgehead atoms. The van der Waals surface area contributed by atoms with E-state index in [9.17, 15) is 0 Å². The zero-order valence-electron chi connectivity index (χ0n) is 10.2. The summed E-state index contributed by atoms with van der Waals surface area (Å²) in [4.78, 5) is 2.20. The number of aryl methyl sites for hydroxylation is 2. The quantitative estimate of drug-likeness (QED) is 0.868. The van der Waals surface area contributed by atoms with Crippen LogP contribution in [0.3, 0.4) is 0 Å². The minimum atomic E-state index is 0.199. The van der Waals surface area contributed by atoms with Gasteiger partial charge in [-0.1, -0.05) is 6.92 Å². The molecule has 1 rings (SSSR count). The Morgan fingerprint density at radius 1 is 1.44 bits per heavy atom. The van der Waals surface area contributed by atoms with E-state index in [1.165, 1.54) is 5.69 Å². The maximum absolute atomic E-state index is 8.97. The molecule has 4 nitrogen and oxygen atoms in total. The lowest BCUT2D eigenvalue weighted by Crippen LogP contribution is -2.27. The molecule has 0 atom stereocenters. The number of aromatic nitrogens is 2. The van der Waals surface area contributed by atoms with Crippen molar-refractivity contribution in [2.75, 3.05) is 19.7 Å². The summed E-state index contributed by atoms with van der Waals surface area (Å²) in [5, 5.41) is 13.4. The van der Waals surface area contributed by atoms with Gasteiger partial charge in [-0.3, -0.25) is 9.58 Å². The Morgan fingerprint density at radius 3 is 2.62 bits per heavy atom. The summed E-state index contributed by atoms with van der Waals surface area (Å²) in [6.07, 6.45) is 0. The van der Waals surface area contributed by atoms with Gasteiger partial charge in [0.2, 0.25) is 0 Å². The van der Waals surface area contributed by atoms with Crippen molar-refractivity contribution >= 4 is 15.9 Å². The van der Waals surface area contributed by atoms with Crippen molar-refractivity contribution in [3.63, 3.8) is 0 Å². The van der Waals surface area contributed by atoms with Gasteiger partial charge in [-0.2, -0.15) is 5.10 Å². The van der Waals surface area contributed by atoms with Crippen LogP contribution in [0.4, 0.5) is 0 Å². The highest BCUT2D eigenvalue weighted by Gasteiger charge is 2.14. The summed E-state index contributed by atoms with van der Waals surface area (Å²) in [6, 6.07) is 0. The number of nitrogens with zero attached hydrogens (tertiary/aromatic N) is 3. The van der Waals surface area contributed by atoms with E-state index in [-0.39, 0.29) is 6.61 Å². The Hall–Kier alpha value is -0.390. The number of hydrogen-bond acceptors (Lipinski definition) is 3. The van der Waals surface area contributed by atoms with Gasteiger partial charge >= 0.3 is 0 Å². The average molecular weight is 290 g/mol. The van der Waals surface area contributed by atoms with Gasteiger partial charge in [-0.05, 0) is 36.3 Å². The van der Waals surface area contributed by atoms with Gasteiger partial charge in [0.15, 0.2) is 0 Å². The number of aliphatic hydroxyl groups is 1. The molecule has 1 N–H and O–H groups in total. The summed E-state index contributed by atoms with van der Waals surface area (Å²) in [5.74, 6) is 0. The lowest BCUT2D eigenvalue weighted by molar-refractivity contribution is 0.193. The highest BCUT2D eigenvalue weighted by molar-refractivity contribution is 9.10. The number of hydrogen-bond donors (Lipinski definition) is 1. The first-order chi connectivity index (χ1) is 7.63. The van der Waals surface area contributed by atoms with Gasteiger partial charge in [-0.25, -0.2) is 0 Å². The van der Waals surface area contributed by atoms with Gasteiger partial charge in [0.25, 0.3) is 0 Å². The molecule has 1 heterocycles. The van der Waals surface area contributed by atoms with Crippen molar-refractivity contribution < 1.29 is 5.11 Å². The predicted octanol–water partition coefficient (Wildman–Crippen LogP) is 1.79. The normalized spacial score (nSPS) is 11.4. The molecule has 0 spiro atoms. The molecule has 1 aromatic rings. The second-order valence-electron chi connectivity index (χ2n) is 3.75. The molecule has 0 saturated heterocycles. The summed E-state index contributed by atoms with van der Waals surface area (Å²) >= 11 is 3.58. The maximum atomic E-state index is 8.97. The lowest BCUT2D eigenvalue weighted by atomic mass is 10.3. The molecule has 0 aliphatic rings. The molecule has 92 valence electrons. The van der Waals surface area contributed by atoms with Crippen LogP contribution in [0.25, 0.3) is 0 Å². The van der Waals surface area contributed by atoms with Gasteiger partial charge in [0, 0.05) is 19.6 Å². The molecule has 0 unspecified atom stereocenters. The molecule has 16 heavy (non-hydrogen) atoms. The molecular formula is C11H20BrN3O. The lowest BCUT2D eigenvalue weighted by Gasteiger charge is -2.19. The van der Waals surface area contributed by atoms with Crippen molar-refractivity contribution in [1.29, 1.82) is 0 Å². The Bertz CT molecular complexity index is 338. The van der Waals surface area contributed by atoms with Crippen molar-refractivity contribution in [2.24, 2.45) is 0 Å². The third-order valence-electron chi connectivity index (χ3n) is 2.69. The van der Waals surface area contributed by atoms with E-state index in [1.54, 1.807) is 0 Å². The highest BCUT2D eigenvalue weighted by Crippen LogP contribution is 2.22. The summed E-state index contributed by atoms with van der Waals surface area (Å²) < 4.78 is 3.10. The van der Waals surface area contributed by atoms with Crippen LogP contribution in [0.15, 0.2) is 4.47 Å². The largest absolute Gasteiger partial charge is 0.395 e. The second kappa shape index (κ2) is 6.37. The minimum absolute atomic E-state index is 0.199. The first-order valence-corrected chi connectivity index (χ1v) is 6.48. The second-order valence-corrected chi connectivity index (χ2v) is 4.55. The molecule has 1 aromatic heterocycles. The van der Waals surface area contributed by atoms with Crippen molar-refractivity contribution in [3.8, 4) is 0 Å². The van der Waals surface area contributed by atoms with Gasteiger partial charge in [0.05, 0.1) is 22.5 Å². The molecular weight excluding hydrogens is 270 g/mol. The van der Waals surface area contributed by atoms with Crippen LogP contribution >= 0.6 is 15.9 Å². The molecule has 0 aliphatic carbocycles. The van der Waals surface area contributed by atoms with Crippen molar-refractivity contribution in [3.05, 3.63) is 15.9 Å². The molecule has 0 fully saturated rings. The van der Waals surface area contributed by atoms with Gasteiger partial charge in [0.1, 0.15) is 0 Å². The van der Waals surface area contributed by atoms with E-state index in [0.717, 1.165) is 29.8 Å². The van der Waals surface area contributed by atoms with E-state index < -0.39 is 0 Å². The zero-order chi connectivity index (χ0) is 12.1. The Balaban J connectivity index is 2.85. The predicted molar refractivity (Wildman–Crippen MR) is 68.4 cm³/mol. The Morgan fingerprint density at radius 2 is 2.12 bits per heavy atom. The van der Waals surface area contributed by atoms with Gasteiger partial charge in [-0.15, -0.1) is 0 Å². The number of halogens is 1. The summed E-state index contributed by atoms with van der Waals surface area (Å²) in [6.45, 7) is 9.73. The fraction of sp³-hybridized carbons (Fsp3) is 0.727. The fourth-order valence-corrected chi connectivity index (χ4v) is 2.13. The minimum Gasteiger partial charge on any atom is -0.395 e. The fourth-order valence-electron chi connectivity index (χ4n) is 1.72. The highest BCUT2D eigenvalue weighted by atomic mass is 79.9. The van der Waals surface area contributed by atoms with Crippen LogP contribution < -0.4 is 0 Å². The average Bonchev–Trinajstić information content (AvgIpc) is 2.55. The van der Waals surface area contributed by atoms with Crippen LogP contribution in [-0.2, 0) is 13.1 Å². The Labute approximate surface area is 105 Å². The first-order valence-electron chi connectivity index (χ1n) is 5.69. The van der Waals surface area contributed by atoms with Crippen LogP contribution in [0.5, 0.6) is 0 Å². The maximum Gasteiger partial charge on any atom is 0.0739 e. The first kappa shape index (κ1) is 13.7. The molecule has 0 amide bonds. The molecule has 0 saturated carbocycles. The number of rotatable bonds is 6. The monoisotopic (exact) mass is 289 g/mol. The van der Waals surface area contributed by atoms with Crippen LogP contribution in [0.1, 0.15) is 25.2 Å². The molecule has 0 aromatic carbocycles. The SMILES string of the molecule is CCN(CCO)Cc1c(Br)c(C)nn1CC. The van der Waals surface area contributed by atoms with E-state index >= 15 is 0 Å². The van der Waals surface area contributed by atoms with E-state index in [1.807, 2.05) is 11.6 Å². The summed E-state index contributed by atoms with van der Waals surface area (Å²) in [7, 11) is 0. The topological polar surface area (TPSA) is 41.3 Å². The third-order valence-corrected chi connectivity index (χ3v) is 3.72. The third kappa shape index (κ3) is 3.06. The van der Waals surface area contributed by atoms with Crippen LogP contribution in [-0.4, -0.2) is 39.5 Å². The smallest absolute Gasteiger partial charge is 0.0739 e. The number of likely N-dealkylation sites (N-methyl/N-ethyl adjacent to an activating group) is 1. The van der Waals surface area contributed by atoms with E-state index in [4.69, 9.17) is 5.11 Å². The molecule has 5 heteroatoms.